The molecular weight excluding hydrogens is 144 g/mol. The Morgan fingerprint density at radius 3 is 2.45 bits per heavy atom. The average molecular weight is 154 g/mol. The van der Waals surface area contributed by atoms with Gasteiger partial charge in [0.1, 0.15) is 0 Å². The first-order valence-electron chi connectivity index (χ1n) is 3.16. The second kappa shape index (κ2) is 3.23. The number of benzene rings is 1. The number of hydrogen-bond acceptors (Lipinski definition) is 4. The molecule has 0 atom stereocenters. The molecule has 0 aromatic heterocycles. The van der Waals surface area contributed by atoms with E-state index in [2.05, 4.69) is 0 Å². The third-order valence-corrected chi connectivity index (χ3v) is 1.13. The highest BCUT2D eigenvalue weighted by Crippen LogP contribution is 2.23. The second-order valence-corrected chi connectivity index (χ2v) is 2.05. The Labute approximate surface area is 64.4 Å². The molecule has 0 bridgehead atoms. The van der Waals surface area contributed by atoms with Crippen LogP contribution in [0, 0.1) is 0 Å². The van der Waals surface area contributed by atoms with E-state index in [9.17, 15) is 0 Å². The summed E-state index contributed by atoms with van der Waals surface area (Å²) in [4.78, 5) is 0. The van der Waals surface area contributed by atoms with Crippen molar-refractivity contribution in [2.45, 2.75) is 6.35 Å². The fourth-order valence-corrected chi connectivity index (χ4v) is 0.703. The minimum Gasteiger partial charge on any atom is -0.504 e. The first-order chi connectivity index (χ1) is 5.20. The molecule has 1 aromatic carbocycles. The number of rotatable bonds is 2. The van der Waals surface area contributed by atoms with E-state index in [0.717, 1.165) is 0 Å². The molecule has 0 unspecified atom stereocenters. The van der Waals surface area contributed by atoms with Crippen molar-refractivity contribution in [3.8, 4) is 11.5 Å². The zero-order chi connectivity index (χ0) is 8.27. The molecule has 0 saturated heterocycles. The van der Waals surface area contributed by atoms with Gasteiger partial charge in [-0.25, -0.2) is 0 Å². The first kappa shape index (κ1) is 7.84. The van der Waals surface area contributed by atoms with Crippen LogP contribution in [0.15, 0.2) is 24.3 Å². The molecule has 0 spiro atoms. The van der Waals surface area contributed by atoms with E-state index in [1.807, 2.05) is 0 Å². The number of phenols is 1. The predicted molar refractivity (Wildman–Crippen MR) is 40.9 cm³/mol. The van der Waals surface area contributed by atoms with Crippen LogP contribution in [0.1, 0.15) is 0 Å². The van der Waals surface area contributed by atoms with Crippen molar-refractivity contribution in [3.63, 3.8) is 0 Å². The molecule has 1 rings (SSSR count). The maximum Gasteiger partial charge on any atom is 0.202 e. The fourth-order valence-electron chi connectivity index (χ4n) is 0.703. The van der Waals surface area contributed by atoms with Gasteiger partial charge in [-0.05, 0) is 12.1 Å². The lowest BCUT2D eigenvalue weighted by molar-refractivity contribution is 0.209. The van der Waals surface area contributed by atoms with Crippen molar-refractivity contribution < 1.29 is 9.84 Å². The minimum absolute atomic E-state index is 0.0356. The molecular formula is C7H10N2O2. The maximum absolute atomic E-state index is 9.12. The Morgan fingerprint density at radius 2 is 1.91 bits per heavy atom. The van der Waals surface area contributed by atoms with Crippen molar-refractivity contribution in [3.05, 3.63) is 24.3 Å². The summed E-state index contributed by atoms with van der Waals surface area (Å²) in [5.41, 5.74) is 10.3. The zero-order valence-corrected chi connectivity index (χ0v) is 5.90. The van der Waals surface area contributed by atoms with E-state index >= 15 is 0 Å². The summed E-state index contributed by atoms with van der Waals surface area (Å²) in [5.74, 6) is 0.330. The molecule has 4 heteroatoms. The molecule has 0 saturated carbocycles. The number of aromatic hydroxyl groups is 1. The molecule has 11 heavy (non-hydrogen) atoms. The van der Waals surface area contributed by atoms with Crippen LogP contribution in [0.3, 0.4) is 0 Å². The van der Waals surface area contributed by atoms with Crippen LogP contribution in [-0.4, -0.2) is 11.5 Å². The van der Waals surface area contributed by atoms with Crippen molar-refractivity contribution in [1.82, 2.24) is 0 Å². The summed E-state index contributed by atoms with van der Waals surface area (Å²) in [5, 5.41) is 9.12. The van der Waals surface area contributed by atoms with Gasteiger partial charge in [0.25, 0.3) is 0 Å². The Bertz CT molecular complexity index is 238. The van der Waals surface area contributed by atoms with E-state index in [4.69, 9.17) is 21.3 Å². The molecule has 5 N–H and O–H groups in total. The minimum atomic E-state index is -0.900. The van der Waals surface area contributed by atoms with Crippen molar-refractivity contribution in [2.24, 2.45) is 11.5 Å². The van der Waals surface area contributed by atoms with Gasteiger partial charge in [-0.15, -0.1) is 0 Å². The number of nitrogens with two attached hydrogens (primary N) is 2. The normalized spacial score (nSPS) is 10.1. The van der Waals surface area contributed by atoms with Gasteiger partial charge in [0.05, 0.1) is 0 Å². The zero-order valence-electron chi connectivity index (χ0n) is 5.90. The quantitative estimate of drug-likeness (QED) is 0.522. The van der Waals surface area contributed by atoms with Gasteiger partial charge < -0.3 is 9.84 Å². The van der Waals surface area contributed by atoms with Crippen LogP contribution in [0.2, 0.25) is 0 Å². The van der Waals surface area contributed by atoms with Crippen molar-refractivity contribution in [2.75, 3.05) is 0 Å². The van der Waals surface area contributed by atoms with E-state index < -0.39 is 6.35 Å². The monoisotopic (exact) mass is 154 g/mol. The summed E-state index contributed by atoms with van der Waals surface area (Å²) in [6.07, 6.45) is -0.900. The lowest BCUT2D eigenvalue weighted by atomic mass is 10.3. The largest absolute Gasteiger partial charge is 0.504 e. The van der Waals surface area contributed by atoms with Crippen molar-refractivity contribution in [1.29, 1.82) is 0 Å². The van der Waals surface area contributed by atoms with Gasteiger partial charge in [0.15, 0.2) is 11.5 Å². The van der Waals surface area contributed by atoms with Crippen LogP contribution in [0.5, 0.6) is 11.5 Å². The number of para-hydroxylation sites is 2. The summed E-state index contributed by atoms with van der Waals surface area (Å²) < 4.78 is 4.85. The first-order valence-corrected chi connectivity index (χ1v) is 3.16. The van der Waals surface area contributed by atoms with Crippen LogP contribution >= 0.6 is 0 Å². The molecule has 0 fully saturated rings. The number of hydrogen-bond donors (Lipinski definition) is 3. The topological polar surface area (TPSA) is 81.5 Å². The van der Waals surface area contributed by atoms with E-state index in [-0.39, 0.29) is 5.75 Å². The van der Waals surface area contributed by atoms with Crippen LogP contribution in [-0.2, 0) is 0 Å². The van der Waals surface area contributed by atoms with Gasteiger partial charge in [-0.2, -0.15) is 0 Å². The number of phenolic OH excluding ortho intramolecular Hbond substituents is 1. The summed E-state index contributed by atoms with van der Waals surface area (Å²) in [6.45, 7) is 0. The van der Waals surface area contributed by atoms with Crippen molar-refractivity contribution >= 4 is 0 Å². The Kier molecular flexibility index (Phi) is 2.30. The molecule has 4 nitrogen and oxygen atoms in total. The average Bonchev–Trinajstić information content (AvgIpc) is 1.93. The summed E-state index contributed by atoms with van der Waals surface area (Å²) in [6, 6.07) is 6.49. The molecule has 0 radical (unpaired) electrons. The Balaban J connectivity index is 2.78. The predicted octanol–water partition coefficient (Wildman–Crippen LogP) is -0.0280. The highest BCUT2D eigenvalue weighted by atomic mass is 16.5. The van der Waals surface area contributed by atoms with Gasteiger partial charge in [-0.3, -0.25) is 11.5 Å². The molecule has 0 aliphatic rings. The second-order valence-electron chi connectivity index (χ2n) is 2.05. The fraction of sp³-hybridized carbons (Fsp3) is 0.143. The van der Waals surface area contributed by atoms with Gasteiger partial charge in [0, 0.05) is 0 Å². The van der Waals surface area contributed by atoms with Crippen LogP contribution < -0.4 is 16.2 Å². The third-order valence-electron chi connectivity index (χ3n) is 1.13. The van der Waals surface area contributed by atoms with Gasteiger partial charge in [0.2, 0.25) is 6.35 Å². The molecule has 0 amide bonds. The van der Waals surface area contributed by atoms with Crippen LogP contribution in [0.4, 0.5) is 0 Å². The SMILES string of the molecule is NC(N)Oc1ccccc1O. The number of ether oxygens (including phenoxy) is 1. The maximum atomic E-state index is 9.12. The summed E-state index contributed by atoms with van der Waals surface area (Å²) >= 11 is 0. The van der Waals surface area contributed by atoms with Gasteiger partial charge >= 0.3 is 0 Å². The lowest BCUT2D eigenvalue weighted by Gasteiger charge is -2.09. The van der Waals surface area contributed by atoms with E-state index in [1.54, 1.807) is 18.2 Å². The standard InChI is InChI=1S/C7H10N2O2/c8-7(9)11-6-4-2-1-3-5(6)10/h1-4,7,10H,8-9H2. The molecule has 0 aliphatic heterocycles. The highest BCUT2D eigenvalue weighted by Gasteiger charge is 2.01. The Morgan fingerprint density at radius 1 is 1.27 bits per heavy atom. The highest BCUT2D eigenvalue weighted by molar-refractivity contribution is 5.37. The molecule has 0 heterocycles. The lowest BCUT2D eigenvalue weighted by Crippen LogP contribution is -2.36. The van der Waals surface area contributed by atoms with E-state index in [1.165, 1.54) is 6.07 Å². The van der Waals surface area contributed by atoms with Crippen LogP contribution in [0.25, 0.3) is 0 Å². The smallest absolute Gasteiger partial charge is 0.202 e. The molecule has 60 valence electrons. The summed E-state index contributed by atoms with van der Waals surface area (Å²) in [7, 11) is 0. The Hall–Kier alpha value is -1.26. The molecule has 0 aliphatic carbocycles. The van der Waals surface area contributed by atoms with E-state index in [0.29, 0.717) is 5.75 Å². The molecule has 1 aromatic rings. The third kappa shape index (κ3) is 2.10. The van der Waals surface area contributed by atoms with Gasteiger partial charge in [-0.1, -0.05) is 12.1 Å².